The number of hydrogen-bond acceptors (Lipinski definition) is 7. The largest absolute Gasteiger partial charge is 0.486 e. The van der Waals surface area contributed by atoms with E-state index in [1.807, 2.05) is 0 Å². The Morgan fingerprint density at radius 2 is 1.93 bits per heavy atom. The lowest BCUT2D eigenvalue weighted by Crippen LogP contribution is -2.40. The van der Waals surface area contributed by atoms with Gasteiger partial charge in [0.05, 0.1) is 0 Å². The van der Waals surface area contributed by atoms with Gasteiger partial charge in [-0.2, -0.15) is 0 Å². The molecule has 3 rings (SSSR count). The molecule has 0 saturated carbocycles. The molecule has 0 unspecified atom stereocenters. The van der Waals surface area contributed by atoms with Crippen molar-refractivity contribution in [3.05, 3.63) is 18.2 Å². The number of amides is 4. The van der Waals surface area contributed by atoms with Crippen molar-refractivity contribution >= 4 is 29.5 Å². The SMILES string of the molecule is CC1(C)NC(=O)N(CCCC(=O)OCC(=O)Nc2ccc3c(c2)OCCO3)C1=O. The highest BCUT2D eigenvalue weighted by Gasteiger charge is 2.43. The lowest BCUT2D eigenvalue weighted by molar-refractivity contribution is -0.147. The van der Waals surface area contributed by atoms with Gasteiger partial charge in [-0.1, -0.05) is 0 Å². The number of hydrogen-bond donors (Lipinski definition) is 2. The quantitative estimate of drug-likeness (QED) is 0.513. The van der Waals surface area contributed by atoms with Crippen molar-refractivity contribution < 1.29 is 33.4 Å². The third-order valence-electron chi connectivity index (χ3n) is 4.40. The molecule has 2 aliphatic rings. The molecule has 0 spiro atoms. The Morgan fingerprint density at radius 3 is 2.62 bits per heavy atom. The first kappa shape index (κ1) is 20.4. The van der Waals surface area contributed by atoms with Gasteiger partial charge < -0.3 is 24.8 Å². The Balaban J connectivity index is 1.38. The summed E-state index contributed by atoms with van der Waals surface area (Å²) in [5.74, 6) is -0.280. The maximum Gasteiger partial charge on any atom is 0.325 e. The normalized spacial score (nSPS) is 17.0. The lowest BCUT2D eigenvalue weighted by Gasteiger charge is -2.19. The first-order valence-corrected chi connectivity index (χ1v) is 9.25. The maximum atomic E-state index is 12.0. The molecule has 0 bridgehead atoms. The Morgan fingerprint density at radius 1 is 1.21 bits per heavy atom. The molecule has 2 aliphatic heterocycles. The zero-order valence-corrected chi connectivity index (χ0v) is 16.3. The lowest BCUT2D eigenvalue weighted by atomic mass is 10.1. The van der Waals surface area contributed by atoms with Crippen LogP contribution in [-0.4, -0.2) is 60.6 Å². The minimum Gasteiger partial charge on any atom is -0.486 e. The van der Waals surface area contributed by atoms with Crippen LogP contribution in [0, 0.1) is 0 Å². The van der Waals surface area contributed by atoms with Gasteiger partial charge in [0.2, 0.25) is 0 Å². The molecule has 0 atom stereocenters. The van der Waals surface area contributed by atoms with Crippen molar-refractivity contribution in [2.24, 2.45) is 0 Å². The Labute approximate surface area is 167 Å². The summed E-state index contributed by atoms with van der Waals surface area (Å²) < 4.78 is 15.8. The van der Waals surface area contributed by atoms with Crippen LogP contribution in [0.2, 0.25) is 0 Å². The number of fused-ring (bicyclic) bond motifs is 1. The second-order valence-corrected chi connectivity index (χ2v) is 7.18. The van der Waals surface area contributed by atoms with E-state index in [9.17, 15) is 19.2 Å². The van der Waals surface area contributed by atoms with Gasteiger partial charge in [0.25, 0.3) is 11.8 Å². The smallest absolute Gasteiger partial charge is 0.325 e. The third kappa shape index (κ3) is 4.95. The molecule has 0 radical (unpaired) electrons. The molecular weight excluding hydrogens is 382 g/mol. The molecule has 1 fully saturated rings. The van der Waals surface area contributed by atoms with Gasteiger partial charge in [-0.3, -0.25) is 19.3 Å². The fraction of sp³-hybridized carbons (Fsp3) is 0.474. The number of rotatable bonds is 7. The standard InChI is InChI=1S/C19H23N3O7/c1-19(2)17(25)22(18(26)21-19)7-3-4-16(24)29-11-15(23)20-12-5-6-13-14(10-12)28-9-8-27-13/h5-6,10H,3-4,7-9,11H2,1-2H3,(H,20,23)(H,21,26). The number of carbonyl (C=O) groups is 4. The van der Waals surface area contributed by atoms with Crippen LogP contribution in [0.1, 0.15) is 26.7 Å². The molecule has 10 nitrogen and oxygen atoms in total. The molecule has 4 amide bonds. The van der Waals surface area contributed by atoms with Crippen LogP contribution in [0.25, 0.3) is 0 Å². The predicted octanol–water partition coefficient (Wildman–Crippen LogP) is 1.05. The minimum absolute atomic E-state index is 0.0191. The van der Waals surface area contributed by atoms with Crippen LogP contribution in [0.5, 0.6) is 11.5 Å². The second kappa shape index (κ2) is 8.38. The summed E-state index contributed by atoms with van der Waals surface area (Å²) in [6.45, 7) is 3.80. The average molecular weight is 405 g/mol. The van der Waals surface area contributed by atoms with Crippen molar-refractivity contribution in [1.82, 2.24) is 10.2 Å². The molecule has 10 heteroatoms. The second-order valence-electron chi connectivity index (χ2n) is 7.18. The molecule has 156 valence electrons. The summed E-state index contributed by atoms with van der Waals surface area (Å²) in [6, 6.07) is 4.50. The molecule has 1 aromatic rings. The maximum absolute atomic E-state index is 12.0. The first-order chi connectivity index (χ1) is 13.8. The number of imide groups is 1. The fourth-order valence-corrected chi connectivity index (χ4v) is 2.94. The molecule has 2 heterocycles. The number of anilines is 1. The van der Waals surface area contributed by atoms with Crippen molar-refractivity contribution in [2.45, 2.75) is 32.2 Å². The van der Waals surface area contributed by atoms with Gasteiger partial charge in [-0.15, -0.1) is 0 Å². The predicted molar refractivity (Wildman–Crippen MR) is 101 cm³/mol. The van der Waals surface area contributed by atoms with Crippen molar-refractivity contribution in [2.75, 3.05) is 31.7 Å². The molecule has 2 N–H and O–H groups in total. The van der Waals surface area contributed by atoms with Gasteiger partial charge in [0, 0.05) is 24.7 Å². The summed E-state index contributed by atoms with van der Waals surface area (Å²) in [6.07, 6.45) is 0.229. The van der Waals surface area contributed by atoms with Crippen LogP contribution in [0.15, 0.2) is 18.2 Å². The summed E-state index contributed by atoms with van der Waals surface area (Å²) in [5.41, 5.74) is -0.444. The number of urea groups is 1. The highest BCUT2D eigenvalue weighted by Crippen LogP contribution is 2.32. The van der Waals surface area contributed by atoms with Gasteiger partial charge in [-0.05, 0) is 32.4 Å². The van der Waals surface area contributed by atoms with Crippen LogP contribution in [0.4, 0.5) is 10.5 Å². The molecule has 0 aliphatic carbocycles. The Kier molecular flexibility index (Phi) is 5.90. The Bertz CT molecular complexity index is 837. The summed E-state index contributed by atoms with van der Waals surface area (Å²) in [7, 11) is 0. The number of ether oxygens (including phenoxy) is 3. The van der Waals surface area contributed by atoms with Crippen LogP contribution in [-0.2, 0) is 19.1 Å². The zero-order chi connectivity index (χ0) is 21.0. The van der Waals surface area contributed by atoms with Gasteiger partial charge >= 0.3 is 12.0 Å². The highest BCUT2D eigenvalue weighted by atomic mass is 16.6. The monoisotopic (exact) mass is 405 g/mol. The molecule has 1 aromatic carbocycles. The zero-order valence-electron chi connectivity index (χ0n) is 16.3. The first-order valence-electron chi connectivity index (χ1n) is 9.25. The molecule has 0 aromatic heterocycles. The van der Waals surface area contributed by atoms with Gasteiger partial charge in [0.1, 0.15) is 18.8 Å². The van der Waals surface area contributed by atoms with E-state index in [-0.39, 0.29) is 25.3 Å². The molecular formula is C19H23N3O7. The number of carbonyl (C=O) groups excluding carboxylic acids is 4. The fourth-order valence-electron chi connectivity index (χ4n) is 2.94. The number of esters is 1. The minimum atomic E-state index is -0.941. The Hall–Kier alpha value is -3.30. The van der Waals surface area contributed by atoms with E-state index in [4.69, 9.17) is 14.2 Å². The van der Waals surface area contributed by atoms with E-state index in [0.717, 1.165) is 4.90 Å². The van der Waals surface area contributed by atoms with E-state index in [1.165, 1.54) is 0 Å². The van der Waals surface area contributed by atoms with E-state index in [1.54, 1.807) is 32.0 Å². The van der Waals surface area contributed by atoms with Crippen LogP contribution < -0.4 is 20.1 Å². The number of nitrogens with zero attached hydrogens (tertiary/aromatic N) is 1. The van der Waals surface area contributed by atoms with Crippen LogP contribution in [0.3, 0.4) is 0 Å². The van der Waals surface area contributed by atoms with Gasteiger partial charge in [0.15, 0.2) is 18.1 Å². The molecule has 29 heavy (non-hydrogen) atoms. The number of benzene rings is 1. The van der Waals surface area contributed by atoms with E-state index < -0.39 is 30.1 Å². The van der Waals surface area contributed by atoms with Gasteiger partial charge in [-0.25, -0.2) is 4.79 Å². The van der Waals surface area contributed by atoms with E-state index in [2.05, 4.69) is 10.6 Å². The summed E-state index contributed by atoms with van der Waals surface area (Å²) in [5, 5.41) is 5.18. The van der Waals surface area contributed by atoms with Crippen LogP contribution >= 0.6 is 0 Å². The van der Waals surface area contributed by atoms with Crippen molar-refractivity contribution in [1.29, 1.82) is 0 Å². The number of nitrogens with one attached hydrogen (secondary N) is 2. The van der Waals surface area contributed by atoms with Crippen molar-refractivity contribution in [3.63, 3.8) is 0 Å². The summed E-state index contributed by atoms with van der Waals surface area (Å²) >= 11 is 0. The molecule has 1 saturated heterocycles. The highest BCUT2D eigenvalue weighted by molar-refractivity contribution is 6.06. The van der Waals surface area contributed by atoms with E-state index >= 15 is 0 Å². The third-order valence-corrected chi connectivity index (χ3v) is 4.40. The van der Waals surface area contributed by atoms with Crippen molar-refractivity contribution in [3.8, 4) is 11.5 Å². The summed E-state index contributed by atoms with van der Waals surface area (Å²) in [4.78, 5) is 48.7. The topological polar surface area (TPSA) is 123 Å². The average Bonchev–Trinajstić information content (AvgIpc) is 2.87. The van der Waals surface area contributed by atoms with E-state index in [0.29, 0.717) is 30.4 Å².